The number of carbonyl (C=O) groups is 2. The summed E-state index contributed by atoms with van der Waals surface area (Å²) < 4.78 is 0. The van der Waals surface area contributed by atoms with Gasteiger partial charge in [0.2, 0.25) is 11.8 Å². The molecule has 3 rings (SSSR count). The Kier molecular flexibility index (Phi) is 5.61. The van der Waals surface area contributed by atoms with Gasteiger partial charge in [-0.25, -0.2) is 0 Å². The average molecular weight is 343 g/mol. The lowest BCUT2D eigenvalue weighted by Crippen LogP contribution is -2.42. The van der Waals surface area contributed by atoms with Crippen molar-refractivity contribution in [3.63, 3.8) is 0 Å². The fraction of sp³-hybridized carbons (Fsp3) is 0.600. The SMILES string of the molecule is CC(=O)N1CCC(C(=O)N(C)Cc2ccccc2N2CCCC2)CC1. The predicted octanol–water partition coefficient (Wildman–Crippen LogP) is 2.50. The fourth-order valence-corrected chi connectivity index (χ4v) is 4.00. The van der Waals surface area contributed by atoms with Crippen LogP contribution in [0.25, 0.3) is 0 Å². The van der Waals surface area contributed by atoms with E-state index in [1.807, 2.05) is 16.8 Å². The molecule has 5 heteroatoms. The third kappa shape index (κ3) is 4.14. The van der Waals surface area contributed by atoms with Gasteiger partial charge in [0.05, 0.1) is 0 Å². The second kappa shape index (κ2) is 7.89. The van der Waals surface area contributed by atoms with E-state index in [0.29, 0.717) is 19.6 Å². The Morgan fingerprint density at radius 1 is 1.08 bits per heavy atom. The molecule has 0 atom stereocenters. The number of carbonyl (C=O) groups excluding carboxylic acids is 2. The number of nitrogens with zero attached hydrogens (tertiary/aromatic N) is 3. The molecule has 2 heterocycles. The Balaban J connectivity index is 1.61. The number of benzene rings is 1. The molecule has 1 aromatic rings. The van der Waals surface area contributed by atoms with Crippen LogP contribution in [0.4, 0.5) is 5.69 Å². The highest BCUT2D eigenvalue weighted by molar-refractivity contribution is 5.79. The molecule has 2 saturated heterocycles. The van der Waals surface area contributed by atoms with Crippen molar-refractivity contribution in [2.45, 2.75) is 39.2 Å². The monoisotopic (exact) mass is 343 g/mol. The van der Waals surface area contributed by atoms with Crippen LogP contribution in [-0.2, 0) is 16.1 Å². The summed E-state index contributed by atoms with van der Waals surface area (Å²) in [5.74, 6) is 0.359. The number of hydrogen-bond acceptors (Lipinski definition) is 3. The average Bonchev–Trinajstić information content (AvgIpc) is 3.16. The number of rotatable bonds is 4. The topological polar surface area (TPSA) is 43.9 Å². The maximum Gasteiger partial charge on any atom is 0.225 e. The molecule has 25 heavy (non-hydrogen) atoms. The lowest BCUT2D eigenvalue weighted by atomic mass is 9.95. The maximum atomic E-state index is 12.8. The highest BCUT2D eigenvalue weighted by Crippen LogP contribution is 2.26. The van der Waals surface area contributed by atoms with Gasteiger partial charge in [-0.2, -0.15) is 0 Å². The molecule has 136 valence electrons. The summed E-state index contributed by atoms with van der Waals surface area (Å²) in [7, 11) is 1.90. The Morgan fingerprint density at radius 3 is 2.36 bits per heavy atom. The van der Waals surface area contributed by atoms with Gasteiger partial charge in [0, 0.05) is 58.3 Å². The number of likely N-dealkylation sites (tertiary alicyclic amines) is 1. The van der Waals surface area contributed by atoms with E-state index in [1.165, 1.54) is 24.1 Å². The summed E-state index contributed by atoms with van der Waals surface area (Å²) in [6.07, 6.45) is 4.04. The largest absolute Gasteiger partial charge is 0.371 e. The minimum atomic E-state index is 0.0412. The molecule has 2 aliphatic heterocycles. The molecule has 0 N–H and O–H groups in total. The van der Waals surface area contributed by atoms with Crippen LogP contribution in [0.1, 0.15) is 38.2 Å². The molecule has 0 saturated carbocycles. The van der Waals surface area contributed by atoms with E-state index >= 15 is 0 Å². The molecule has 0 aliphatic carbocycles. The summed E-state index contributed by atoms with van der Waals surface area (Å²) >= 11 is 0. The third-order valence-electron chi connectivity index (χ3n) is 5.51. The second-order valence-corrected chi connectivity index (χ2v) is 7.30. The van der Waals surface area contributed by atoms with E-state index in [2.05, 4.69) is 29.2 Å². The second-order valence-electron chi connectivity index (χ2n) is 7.30. The van der Waals surface area contributed by atoms with E-state index in [4.69, 9.17) is 0 Å². The van der Waals surface area contributed by atoms with E-state index in [9.17, 15) is 9.59 Å². The van der Waals surface area contributed by atoms with E-state index in [1.54, 1.807) is 6.92 Å². The first kappa shape index (κ1) is 17.8. The lowest BCUT2D eigenvalue weighted by molar-refractivity contribution is -0.139. The van der Waals surface area contributed by atoms with E-state index in [0.717, 1.165) is 25.9 Å². The first-order valence-corrected chi connectivity index (χ1v) is 9.39. The summed E-state index contributed by atoms with van der Waals surface area (Å²) in [5.41, 5.74) is 2.49. The summed E-state index contributed by atoms with van der Waals surface area (Å²) in [6, 6.07) is 8.44. The summed E-state index contributed by atoms with van der Waals surface area (Å²) in [4.78, 5) is 30.4. The van der Waals surface area contributed by atoms with Gasteiger partial charge < -0.3 is 14.7 Å². The van der Waals surface area contributed by atoms with Crippen molar-refractivity contribution in [1.29, 1.82) is 0 Å². The Hall–Kier alpha value is -2.04. The van der Waals surface area contributed by atoms with Gasteiger partial charge in [-0.1, -0.05) is 18.2 Å². The molecule has 1 aromatic carbocycles. The summed E-state index contributed by atoms with van der Waals surface area (Å²) in [6.45, 7) is 5.87. The van der Waals surface area contributed by atoms with Crippen LogP contribution in [0.3, 0.4) is 0 Å². The quantitative estimate of drug-likeness (QED) is 0.844. The van der Waals surface area contributed by atoms with Gasteiger partial charge in [0.1, 0.15) is 0 Å². The first-order chi connectivity index (χ1) is 12.1. The third-order valence-corrected chi connectivity index (χ3v) is 5.51. The lowest BCUT2D eigenvalue weighted by Gasteiger charge is -2.33. The van der Waals surface area contributed by atoms with Gasteiger partial charge in [-0.05, 0) is 37.3 Å². The highest BCUT2D eigenvalue weighted by Gasteiger charge is 2.28. The molecule has 0 aromatic heterocycles. The molecule has 2 fully saturated rings. The van der Waals surface area contributed by atoms with Gasteiger partial charge >= 0.3 is 0 Å². The minimum absolute atomic E-state index is 0.0412. The van der Waals surface area contributed by atoms with Gasteiger partial charge in [-0.15, -0.1) is 0 Å². The molecule has 0 radical (unpaired) electrons. The van der Waals surface area contributed by atoms with Gasteiger partial charge in [0.25, 0.3) is 0 Å². The van der Waals surface area contributed by atoms with Crippen molar-refractivity contribution in [2.75, 3.05) is 38.1 Å². The maximum absolute atomic E-state index is 12.8. The number of piperidine rings is 1. The smallest absolute Gasteiger partial charge is 0.225 e. The zero-order chi connectivity index (χ0) is 17.8. The first-order valence-electron chi connectivity index (χ1n) is 9.39. The zero-order valence-electron chi connectivity index (χ0n) is 15.4. The Morgan fingerprint density at radius 2 is 1.72 bits per heavy atom. The molecule has 0 bridgehead atoms. The van der Waals surface area contributed by atoms with Crippen molar-refractivity contribution < 1.29 is 9.59 Å². The number of para-hydroxylation sites is 1. The molecule has 0 spiro atoms. The van der Waals surface area contributed by atoms with Crippen LogP contribution in [-0.4, -0.2) is 54.8 Å². The molecular weight excluding hydrogens is 314 g/mol. The standard InChI is InChI=1S/C20H29N3O2/c1-16(24)22-13-9-17(10-14-22)20(25)21(2)15-18-7-3-4-8-19(18)23-11-5-6-12-23/h3-4,7-8,17H,5-6,9-15H2,1-2H3. The van der Waals surface area contributed by atoms with Crippen molar-refractivity contribution in [3.05, 3.63) is 29.8 Å². The van der Waals surface area contributed by atoms with Crippen LogP contribution in [0, 0.1) is 5.92 Å². The fourth-order valence-electron chi connectivity index (χ4n) is 4.00. The van der Waals surface area contributed by atoms with Gasteiger partial charge in [0.15, 0.2) is 0 Å². The molecule has 2 amide bonds. The van der Waals surface area contributed by atoms with Crippen LogP contribution in [0.5, 0.6) is 0 Å². The Labute approximate surface area is 150 Å². The molecule has 5 nitrogen and oxygen atoms in total. The van der Waals surface area contributed by atoms with Crippen LogP contribution >= 0.6 is 0 Å². The molecule has 2 aliphatic rings. The normalized spacial score (nSPS) is 18.5. The van der Waals surface area contributed by atoms with E-state index < -0.39 is 0 Å². The molecular formula is C20H29N3O2. The number of hydrogen-bond donors (Lipinski definition) is 0. The minimum Gasteiger partial charge on any atom is -0.371 e. The van der Waals surface area contributed by atoms with Gasteiger partial charge in [-0.3, -0.25) is 9.59 Å². The summed E-state index contributed by atoms with van der Waals surface area (Å²) in [5, 5.41) is 0. The Bertz CT molecular complexity index is 617. The van der Waals surface area contributed by atoms with Crippen molar-refractivity contribution in [2.24, 2.45) is 5.92 Å². The van der Waals surface area contributed by atoms with E-state index in [-0.39, 0.29) is 17.7 Å². The van der Waals surface area contributed by atoms with Crippen LogP contribution in [0.15, 0.2) is 24.3 Å². The van der Waals surface area contributed by atoms with Crippen LogP contribution < -0.4 is 4.90 Å². The predicted molar refractivity (Wildman–Crippen MR) is 99.3 cm³/mol. The zero-order valence-corrected chi connectivity index (χ0v) is 15.4. The highest BCUT2D eigenvalue weighted by atomic mass is 16.2. The van der Waals surface area contributed by atoms with Crippen molar-refractivity contribution in [1.82, 2.24) is 9.80 Å². The number of amides is 2. The molecule has 0 unspecified atom stereocenters. The number of anilines is 1. The van der Waals surface area contributed by atoms with Crippen molar-refractivity contribution in [3.8, 4) is 0 Å². The van der Waals surface area contributed by atoms with Crippen LogP contribution in [0.2, 0.25) is 0 Å². The van der Waals surface area contributed by atoms with Crippen molar-refractivity contribution >= 4 is 17.5 Å².